The minimum Gasteiger partial charge on any atom is -0.321 e. The fourth-order valence-corrected chi connectivity index (χ4v) is 6.08. The Morgan fingerprint density at radius 2 is 1.51 bits per heavy atom. The van der Waals surface area contributed by atoms with Gasteiger partial charge in [-0.05, 0) is 69.5 Å². The van der Waals surface area contributed by atoms with Gasteiger partial charge in [0.1, 0.15) is 0 Å². The Morgan fingerprint density at radius 1 is 0.821 bits per heavy atom. The minimum atomic E-state index is -0.381. The van der Waals surface area contributed by atoms with Crippen LogP contribution in [0.5, 0.6) is 0 Å². The molecule has 1 N–H and O–H groups in total. The predicted octanol–water partition coefficient (Wildman–Crippen LogP) is 8.47. The van der Waals surface area contributed by atoms with Gasteiger partial charge in [-0.15, -0.1) is 0 Å². The Hall–Kier alpha value is -3.33. The second-order valence-electron chi connectivity index (χ2n) is 9.21. The fourth-order valence-electron chi connectivity index (χ4n) is 5.00. The summed E-state index contributed by atoms with van der Waals surface area (Å²) in [6, 6.07) is 30.4. The molecule has 1 aromatic heterocycles. The molecule has 1 amide bonds. The topological polar surface area (TPSA) is 65.5 Å². The molecular formula is C31H20Br3N3O2. The highest BCUT2D eigenvalue weighted by atomic mass is 79.9. The summed E-state index contributed by atoms with van der Waals surface area (Å²) in [7, 11) is 0. The van der Waals surface area contributed by atoms with Gasteiger partial charge in [0.2, 0.25) is 0 Å². The monoisotopic (exact) mass is 703 g/mol. The molecule has 8 heteroatoms. The van der Waals surface area contributed by atoms with E-state index in [1.54, 1.807) is 6.07 Å². The van der Waals surface area contributed by atoms with Gasteiger partial charge in [-0.3, -0.25) is 9.59 Å². The first-order valence-corrected chi connectivity index (χ1v) is 14.6. The third-order valence-electron chi connectivity index (χ3n) is 6.80. The van der Waals surface area contributed by atoms with Crippen LogP contribution in [-0.2, 0) is 0 Å². The number of halogens is 3. The molecule has 0 fully saturated rings. The number of fused-ring (bicyclic) bond motifs is 1. The highest BCUT2D eigenvalue weighted by molar-refractivity contribution is 9.11. The number of nitrogens with one attached hydrogen (secondary N) is 1. The average molecular weight is 706 g/mol. The SMILES string of the molecule is O=C(c1ccccc1Br)N1N=C(c2c(-c3ccccc3)c3cc(Br)ccc3[nH]c2=O)CC1c1ccc(Br)cc1. The van der Waals surface area contributed by atoms with Gasteiger partial charge in [-0.1, -0.05) is 86.5 Å². The van der Waals surface area contributed by atoms with Gasteiger partial charge < -0.3 is 4.98 Å². The molecule has 0 spiro atoms. The summed E-state index contributed by atoms with van der Waals surface area (Å²) in [5, 5.41) is 7.27. The zero-order valence-corrected chi connectivity index (χ0v) is 25.1. The van der Waals surface area contributed by atoms with Crippen LogP contribution in [0.3, 0.4) is 0 Å². The van der Waals surface area contributed by atoms with Crippen molar-refractivity contribution in [3.05, 3.63) is 138 Å². The average Bonchev–Trinajstić information content (AvgIpc) is 3.38. The maximum Gasteiger partial charge on any atom is 0.275 e. The van der Waals surface area contributed by atoms with E-state index >= 15 is 0 Å². The third-order valence-corrected chi connectivity index (χ3v) is 8.52. The third kappa shape index (κ3) is 4.93. The van der Waals surface area contributed by atoms with E-state index in [-0.39, 0.29) is 17.5 Å². The molecule has 0 radical (unpaired) electrons. The van der Waals surface area contributed by atoms with Gasteiger partial charge in [0, 0.05) is 36.3 Å². The molecular weight excluding hydrogens is 686 g/mol. The number of hydrogen-bond acceptors (Lipinski definition) is 3. The number of aromatic amines is 1. The van der Waals surface area contributed by atoms with Crippen LogP contribution in [-0.4, -0.2) is 21.6 Å². The first-order chi connectivity index (χ1) is 18.9. The van der Waals surface area contributed by atoms with Gasteiger partial charge in [0.15, 0.2) is 0 Å². The van der Waals surface area contributed by atoms with Crippen LogP contribution < -0.4 is 5.56 Å². The van der Waals surface area contributed by atoms with Gasteiger partial charge in [-0.2, -0.15) is 5.10 Å². The van der Waals surface area contributed by atoms with Crippen LogP contribution in [0, 0.1) is 0 Å². The quantitative estimate of drug-likeness (QED) is 0.204. The molecule has 0 bridgehead atoms. The highest BCUT2D eigenvalue weighted by Gasteiger charge is 2.36. The first kappa shape index (κ1) is 25.9. The molecule has 5 aromatic rings. The molecule has 0 saturated heterocycles. The molecule has 5 nitrogen and oxygen atoms in total. The first-order valence-electron chi connectivity index (χ1n) is 12.2. The normalized spacial score (nSPS) is 15.0. The van der Waals surface area contributed by atoms with Gasteiger partial charge >= 0.3 is 0 Å². The van der Waals surface area contributed by atoms with Crippen molar-refractivity contribution in [1.29, 1.82) is 0 Å². The summed E-state index contributed by atoms with van der Waals surface area (Å²) < 4.78 is 2.53. The molecule has 1 atom stereocenters. The summed E-state index contributed by atoms with van der Waals surface area (Å²) in [6.07, 6.45) is 0.389. The van der Waals surface area contributed by atoms with E-state index in [0.717, 1.165) is 36.5 Å². The molecule has 0 saturated carbocycles. The Kier molecular flexibility index (Phi) is 7.10. The van der Waals surface area contributed by atoms with Crippen LogP contribution in [0.4, 0.5) is 0 Å². The molecule has 4 aromatic carbocycles. The van der Waals surface area contributed by atoms with Crippen molar-refractivity contribution in [3.8, 4) is 11.1 Å². The van der Waals surface area contributed by atoms with Crippen LogP contribution in [0.1, 0.15) is 33.9 Å². The second kappa shape index (κ2) is 10.7. The molecule has 1 aliphatic heterocycles. The summed E-state index contributed by atoms with van der Waals surface area (Å²) in [5.74, 6) is -0.244. The Balaban J connectivity index is 1.58. The lowest BCUT2D eigenvalue weighted by Crippen LogP contribution is -2.27. The van der Waals surface area contributed by atoms with Crippen molar-refractivity contribution < 1.29 is 4.79 Å². The van der Waals surface area contributed by atoms with Gasteiger partial charge in [0.05, 0.1) is 22.9 Å². The lowest BCUT2D eigenvalue weighted by Gasteiger charge is -2.22. The van der Waals surface area contributed by atoms with Crippen molar-refractivity contribution in [2.45, 2.75) is 12.5 Å². The lowest BCUT2D eigenvalue weighted by atomic mass is 9.91. The number of aromatic nitrogens is 1. The molecule has 1 aliphatic rings. The molecule has 0 aliphatic carbocycles. The Morgan fingerprint density at radius 3 is 2.26 bits per heavy atom. The highest BCUT2D eigenvalue weighted by Crippen LogP contribution is 2.38. The Labute approximate surface area is 250 Å². The second-order valence-corrected chi connectivity index (χ2v) is 11.9. The van der Waals surface area contributed by atoms with Gasteiger partial charge in [0.25, 0.3) is 11.5 Å². The number of carbonyl (C=O) groups is 1. The largest absolute Gasteiger partial charge is 0.321 e. The number of pyridine rings is 1. The fraction of sp³-hybridized carbons (Fsp3) is 0.0645. The number of rotatable bonds is 4. The van der Waals surface area contributed by atoms with E-state index in [4.69, 9.17) is 5.10 Å². The van der Waals surface area contributed by atoms with Crippen molar-refractivity contribution in [2.24, 2.45) is 5.10 Å². The smallest absolute Gasteiger partial charge is 0.275 e. The van der Waals surface area contributed by atoms with E-state index in [0.29, 0.717) is 27.7 Å². The number of nitrogens with zero attached hydrogens (tertiary/aromatic N) is 2. The van der Waals surface area contributed by atoms with E-state index < -0.39 is 0 Å². The van der Waals surface area contributed by atoms with E-state index in [1.807, 2.05) is 91.0 Å². The summed E-state index contributed by atoms with van der Waals surface area (Å²) in [5.41, 5.74) is 4.64. The number of amides is 1. The van der Waals surface area contributed by atoms with Gasteiger partial charge in [-0.25, -0.2) is 5.01 Å². The number of carbonyl (C=O) groups excluding carboxylic acids is 1. The van der Waals surface area contributed by atoms with Crippen molar-refractivity contribution in [2.75, 3.05) is 0 Å². The van der Waals surface area contributed by atoms with Crippen molar-refractivity contribution in [3.63, 3.8) is 0 Å². The molecule has 1 unspecified atom stereocenters. The molecule has 39 heavy (non-hydrogen) atoms. The zero-order valence-electron chi connectivity index (χ0n) is 20.4. The maximum absolute atomic E-state index is 13.9. The van der Waals surface area contributed by atoms with Crippen LogP contribution in [0.25, 0.3) is 22.0 Å². The van der Waals surface area contributed by atoms with Crippen LogP contribution in [0.15, 0.2) is 120 Å². The van der Waals surface area contributed by atoms with E-state index in [2.05, 4.69) is 52.8 Å². The van der Waals surface area contributed by atoms with Crippen LogP contribution in [0.2, 0.25) is 0 Å². The van der Waals surface area contributed by atoms with E-state index in [9.17, 15) is 9.59 Å². The molecule has 2 heterocycles. The minimum absolute atomic E-state index is 0.243. The summed E-state index contributed by atoms with van der Waals surface area (Å²) in [4.78, 5) is 30.6. The predicted molar refractivity (Wildman–Crippen MR) is 166 cm³/mol. The maximum atomic E-state index is 13.9. The Bertz CT molecular complexity index is 1820. The lowest BCUT2D eigenvalue weighted by molar-refractivity contribution is 0.0710. The van der Waals surface area contributed by atoms with Crippen molar-refractivity contribution in [1.82, 2.24) is 9.99 Å². The number of H-pyrrole nitrogens is 1. The zero-order chi connectivity index (χ0) is 27.1. The standard InChI is InChI=1S/C31H20Br3N3O2/c32-20-12-10-18(11-13-20)27-17-26(36-37(27)31(39)22-8-4-5-9-24(22)34)29-28(19-6-2-1-3-7-19)23-16-21(33)14-15-25(23)35-30(29)38/h1-16,27H,17H2,(H,35,38). The van der Waals surface area contributed by atoms with Crippen molar-refractivity contribution >= 4 is 70.3 Å². The number of hydrogen-bond donors (Lipinski definition) is 1. The number of hydrazone groups is 1. The molecule has 192 valence electrons. The number of benzene rings is 4. The summed E-state index contributed by atoms with van der Waals surface area (Å²) >= 11 is 10.6. The molecule has 6 rings (SSSR count). The summed E-state index contributed by atoms with van der Waals surface area (Å²) in [6.45, 7) is 0. The van der Waals surface area contributed by atoms with E-state index in [1.165, 1.54) is 5.01 Å². The van der Waals surface area contributed by atoms with Crippen LogP contribution >= 0.6 is 47.8 Å².